The van der Waals surface area contributed by atoms with Crippen molar-refractivity contribution >= 4 is 25.8 Å². The van der Waals surface area contributed by atoms with Gasteiger partial charge in [-0.15, -0.1) is 0 Å². The van der Waals surface area contributed by atoms with E-state index in [0.717, 1.165) is 15.8 Å². The van der Waals surface area contributed by atoms with Crippen LogP contribution < -0.4 is 9.47 Å². The van der Waals surface area contributed by atoms with Crippen LogP contribution in [0.3, 0.4) is 0 Å². The molecule has 6 heteroatoms. The van der Waals surface area contributed by atoms with E-state index in [0.29, 0.717) is 12.4 Å². The number of sulfone groups is 1. The van der Waals surface area contributed by atoms with Gasteiger partial charge in [-0.1, -0.05) is 15.9 Å². The van der Waals surface area contributed by atoms with E-state index in [1.807, 2.05) is 18.2 Å². The van der Waals surface area contributed by atoms with Gasteiger partial charge in [0.25, 0.3) is 0 Å². The van der Waals surface area contributed by atoms with E-state index in [4.69, 9.17) is 9.47 Å². The van der Waals surface area contributed by atoms with Crippen LogP contribution in [0, 0.1) is 0 Å². The molecule has 2 rings (SSSR count). The van der Waals surface area contributed by atoms with E-state index in [9.17, 15) is 8.42 Å². The lowest BCUT2D eigenvalue weighted by Crippen LogP contribution is -2.00. The van der Waals surface area contributed by atoms with Crippen LogP contribution in [0.2, 0.25) is 0 Å². The average molecular weight is 371 g/mol. The van der Waals surface area contributed by atoms with Gasteiger partial charge in [-0.05, 0) is 42.5 Å². The van der Waals surface area contributed by atoms with Crippen LogP contribution in [0.25, 0.3) is 0 Å². The SMILES string of the molecule is COc1ccc(Br)cc1COc1ccc(S(C)(=O)=O)cc1. The molecule has 112 valence electrons. The standard InChI is InChI=1S/C15H15BrO4S/c1-19-15-8-3-12(16)9-11(15)10-20-13-4-6-14(7-5-13)21(2,17)18/h3-9H,10H2,1-2H3. The monoisotopic (exact) mass is 370 g/mol. The van der Waals surface area contributed by atoms with Crippen molar-refractivity contribution in [2.24, 2.45) is 0 Å². The molecule has 0 fully saturated rings. The Morgan fingerprint density at radius 2 is 1.76 bits per heavy atom. The number of hydrogen-bond donors (Lipinski definition) is 0. The topological polar surface area (TPSA) is 52.6 Å². The molecule has 0 aliphatic heterocycles. The second-order valence-corrected chi connectivity index (χ2v) is 7.42. The summed E-state index contributed by atoms with van der Waals surface area (Å²) < 4.78 is 34.6. The lowest BCUT2D eigenvalue weighted by molar-refractivity contribution is 0.296. The van der Waals surface area contributed by atoms with Crippen molar-refractivity contribution in [3.8, 4) is 11.5 Å². The highest BCUT2D eigenvalue weighted by Crippen LogP contribution is 2.25. The van der Waals surface area contributed by atoms with Gasteiger partial charge in [0.15, 0.2) is 9.84 Å². The van der Waals surface area contributed by atoms with Crippen LogP contribution in [-0.2, 0) is 16.4 Å². The van der Waals surface area contributed by atoms with Crippen LogP contribution in [0.5, 0.6) is 11.5 Å². The van der Waals surface area contributed by atoms with Crippen molar-refractivity contribution in [3.63, 3.8) is 0 Å². The average Bonchev–Trinajstić information content (AvgIpc) is 2.45. The quantitative estimate of drug-likeness (QED) is 0.808. The summed E-state index contributed by atoms with van der Waals surface area (Å²) in [5, 5.41) is 0. The highest BCUT2D eigenvalue weighted by Gasteiger charge is 2.08. The molecule has 0 spiro atoms. The summed E-state index contributed by atoms with van der Waals surface area (Å²) in [7, 11) is -1.58. The van der Waals surface area contributed by atoms with E-state index < -0.39 is 9.84 Å². The van der Waals surface area contributed by atoms with Crippen LogP contribution in [0.15, 0.2) is 51.8 Å². The number of ether oxygens (including phenoxy) is 2. The van der Waals surface area contributed by atoms with Crippen LogP contribution >= 0.6 is 15.9 Å². The second-order valence-electron chi connectivity index (χ2n) is 4.49. The highest BCUT2D eigenvalue weighted by atomic mass is 79.9. The molecule has 0 N–H and O–H groups in total. The fourth-order valence-corrected chi connectivity index (χ4v) is 2.84. The number of halogens is 1. The minimum absolute atomic E-state index is 0.273. The molecule has 0 radical (unpaired) electrons. The Morgan fingerprint density at radius 3 is 2.33 bits per heavy atom. The number of benzene rings is 2. The first-order chi connectivity index (χ1) is 9.90. The lowest BCUT2D eigenvalue weighted by Gasteiger charge is -2.11. The number of hydrogen-bond acceptors (Lipinski definition) is 4. The summed E-state index contributed by atoms with van der Waals surface area (Å²) in [6.45, 7) is 0.334. The van der Waals surface area contributed by atoms with Gasteiger partial charge in [-0.3, -0.25) is 0 Å². The lowest BCUT2D eigenvalue weighted by atomic mass is 10.2. The van der Waals surface area contributed by atoms with E-state index in [1.165, 1.54) is 18.4 Å². The zero-order valence-corrected chi connectivity index (χ0v) is 14.1. The highest BCUT2D eigenvalue weighted by molar-refractivity contribution is 9.10. The minimum Gasteiger partial charge on any atom is -0.496 e. The molecular weight excluding hydrogens is 356 g/mol. The molecule has 0 heterocycles. The summed E-state index contributed by atoms with van der Waals surface area (Å²) >= 11 is 3.41. The van der Waals surface area contributed by atoms with E-state index in [-0.39, 0.29) is 4.90 Å². The maximum Gasteiger partial charge on any atom is 0.175 e. The predicted octanol–water partition coefficient (Wildman–Crippen LogP) is 3.44. The van der Waals surface area contributed by atoms with Gasteiger partial charge in [0.05, 0.1) is 12.0 Å². The Hall–Kier alpha value is -1.53. The molecule has 0 amide bonds. The molecule has 0 saturated carbocycles. The van der Waals surface area contributed by atoms with Gasteiger partial charge in [0.2, 0.25) is 0 Å². The Balaban J connectivity index is 2.12. The molecule has 0 aliphatic rings. The minimum atomic E-state index is -3.18. The molecule has 4 nitrogen and oxygen atoms in total. The van der Waals surface area contributed by atoms with E-state index >= 15 is 0 Å². The third-order valence-corrected chi connectivity index (χ3v) is 4.51. The van der Waals surface area contributed by atoms with Gasteiger partial charge in [-0.25, -0.2) is 8.42 Å². The zero-order chi connectivity index (χ0) is 15.5. The Kier molecular flexibility index (Phi) is 4.90. The van der Waals surface area contributed by atoms with Gasteiger partial charge in [0.1, 0.15) is 18.1 Å². The first kappa shape index (κ1) is 15.9. The molecular formula is C15H15BrO4S. The molecule has 0 aliphatic carbocycles. The van der Waals surface area contributed by atoms with Gasteiger partial charge < -0.3 is 9.47 Å². The van der Waals surface area contributed by atoms with Crippen molar-refractivity contribution in [1.82, 2.24) is 0 Å². The van der Waals surface area contributed by atoms with E-state index in [2.05, 4.69) is 15.9 Å². The molecule has 21 heavy (non-hydrogen) atoms. The first-order valence-corrected chi connectivity index (χ1v) is 8.84. The number of rotatable bonds is 5. The Labute approximate surface area is 132 Å². The van der Waals surface area contributed by atoms with Crippen LogP contribution in [0.1, 0.15) is 5.56 Å². The van der Waals surface area contributed by atoms with Crippen molar-refractivity contribution in [2.45, 2.75) is 11.5 Å². The summed E-state index contributed by atoms with van der Waals surface area (Å²) in [5.41, 5.74) is 0.902. The largest absolute Gasteiger partial charge is 0.496 e. The Morgan fingerprint density at radius 1 is 1.10 bits per heavy atom. The zero-order valence-electron chi connectivity index (χ0n) is 11.7. The van der Waals surface area contributed by atoms with Crippen molar-refractivity contribution < 1.29 is 17.9 Å². The Bertz CT molecular complexity index is 724. The van der Waals surface area contributed by atoms with Crippen LogP contribution in [-0.4, -0.2) is 21.8 Å². The fourth-order valence-electron chi connectivity index (χ4n) is 1.80. The molecule has 0 atom stereocenters. The smallest absolute Gasteiger partial charge is 0.175 e. The van der Waals surface area contributed by atoms with Crippen molar-refractivity contribution in [2.75, 3.05) is 13.4 Å². The van der Waals surface area contributed by atoms with Gasteiger partial charge >= 0.3 is 0 Å². The molecule has 0 saturated heterocycles. The molecule has 2 aromatic rings. The van der Waals surface area contributed by atoms with Gasteiger partial charge in [-0.2, -0.15) is 0 Å². The van der Waals surface area contributed by atoms with Crippen molar-refractivity contribution in [3.05, 3.63) is 52.5 Å². The third-order valence-electron chi connectivity index (χ3n) is 2.89. The first-order valence-electron chi connectivity index (χ1n) is 6.15. The summed E-state index contributed by atoms with van der Waals surface area (Å²) in [5.74, 6) is 1.34. The predicted molar refractivity (Wildman–Crippen MR) is 84.6 cm³/mol. The van der Waals surface area contributed by atoms with E-state index in [1.54, 1.807) is 19.2 Å². The third kappa shape index (κ3) is 4.22. The fraction of sp³-hybridized carbons (Fsp3) is 0.200. The molecule has 0 unspecified atom stereocenters. The summed E-state index contributed by atoms with van der Waals surface area (Å²) in [4.78, 5) is 0.273. The maximum atomic E-state index is 11.4. The van der Waals surface area contributed by atoms with Gasteiger partial charge in [0, 0.05) is 16.3 Å². The summed E-state index contributed by atoms with van der Waals surface area (Å²) in [6, 6.07) is 12.0. The maximum absolute atomic E-state index is 11.4. The summed E-state index contributed by atoms with van der Waals surface area (Å²) in [6.07, 6.45) is 1.18. The molecule has 0 aromatic heterocycles. The molecule has 0 bridgehead atoms. The van der Waals surface area contributed by atoms with Crippen molar-refractivity contribution in [1.29, 1.82) is 0 Å². The molecule has 2 aromatic carbocycles. The normalized spacial score (nSPS) is 11.2. The van der Waals surface area contributed by atoms with Crippen LogP contribution in [0.4, 0.5) is 0 Å². The second kappa shape index (κ2) is 6.49. The number of methoxy groups -OCH3 is 1.